The molecule has 7 nitrogen and oxygen atoms in total. The summed E-state index contributed by atoms with van der Waals surface area (Å²) < 4.78 is 33.3. The largest absolute Gasteiger partial charge is 0.494 e. The first-order chi connectivity index (χ1) is 16.7. The van der Waals surface area contributed by atoms with Gasteiger partial charge >= 0.3 is 0 Å². The van der Waals surface area contributed by atoms with Gasteiger partial charge in [0.05, 0.1) is 12.3 Å². The summed E-state index contributed by atoms with van der Waals surface area (Å²) in [4.78, 5) is 24.7. The first-order valence-electron chi connectivity index (χ1n) is 12.5. The Morgan fingerprint density at radius 2 is 2.11 bits per heavy atom. The van der Waals surface area contributed by atoms with Gasteiger partial charge in [-0.15, -0.1) is 0 Å². The van der Waals surface area contributed by atoms with E-state index in [4.69, 9.17) is 9.84 Å². The summed E-state index contributed by atoms with van der Waals surface area (Å²) in [6.07, 6.45) is 5.61. The van der Waals surface area contributed by atoms with Crippen molar-refractivity contribution in [2.45, 2.75) is 83.7 Å². The van der Waals surface area contributed by atoms with E-state index in [1.807, 2.05) is 24.3 Å². The van der Waals surface area contributed by atoms with Crippen LogP contribution in [-0.2, 0) is 24.2 Å². The molecule has 0 saturated heterocycles. The van der Waals surface area contributed by atoms with Gasteiger partial charge in [0.2, 0.25) is 11.8 Å². The van der Waals surface area contributed by atoms with Crippen LogP contribution in [0.3, 0.4) is 0 Å². The van der Waals surface area contributed by atoms with Crippen LogP contribution in [0.2, 0.25) is 0 Å². The number of benzene rings is 1. The maximum Gasteiger partial charge on any atom is 0.257 e. The molecule has 2 amide bonds. The maximum absolute atomic E-state index is 13.0. The second-order valence-electron chi connectivity index (χ2n) is 9.89. The quantitative estimate of drug-likeness (QED) is 0.423. The molecular weight excluding hydrogens is 454 g/mol. The molecule has 2 aliphatic rings. The Kier molecular flexibility index (Phi) is 7.72. The third-order valence-corrected chi connectivity index (χ3v) is 6.48. The fourth-order valence-electron chi connectivity index (χ4n) is 4.48. The van der Waals surface area contributed by atoms with E-state index in [0.29, 0.717) is 30.1 Å². The molecule has 35 heavy (non-hydrogen) atoms. The van der Waals surface area contributed by atoms with Crippen LogP contribution < -0.4 is 15.4 Å². The van der Waals surface area contributed by atoms with Gasteiger partial charge < -0.3 is 15.4 Å². The number of nitrogens with one attached hydrogen (secondary N) is 2. The lowest BCUT2D eigenvalue weighted by Crippen LogP contribution is -2.41. The van der Waals surface area contributed by atoms with Gasteiger partial charge in [0.15, 0.2) is 0 Å². The molecular formula is C26H34F2N4O3. The molecule has 4 rings (SSSR count). The first-order valence-corrected chi connectivity index (χ1v) is 12.5. The number of carbonyl (C=O) groups excluding carboxylic acids is 2. The number of alkyl halides is 2. The van der Waals surface area contributed by atoms with Crippen LogP contribution in [-0.4, -0.2) is 40.2 Å². The molecule has 0 bridgehead atoms. The second-order valence-corrected chi connectivity index (χ2v) is 9.89. The SMILES string of the molecule is CC(=O)Nc1c2c(nn1CCC1CC1)C[C@H](CCc1cccc(OCCCC(C)(F)F)c1)NC2=O. The topological polar surface area (TPSA) is 85.2 Å². The number of hydrogen-bond acceptors (Lipinski definition) is 4. The zero-order chi connectivity index (χ0) is 25.0. The normalized spacial score (nSPS) is 17.6. The van der Waals surface area contributed by atoms with E-state index in [1.165, 1.54) is 19.8 Å². The molecule has 1 aliphatic carbocycles. The average Bonchev–Trinajstić information content (AvgIpc) is 3.55. The summed E-state index contributed by atoms with van der Waals surface area (Å²) in [5, 5.41) is 10.6. The van der Waals surface area contributed by atoms with Crippen LogP contribution in [0.15, 0.2) is 24.3 Å². The summed E-state index contributed by atoms with van der Waals surface area (Å²) in [6.45, 7) is 3.28. The smallest absolute Gasteiger partial charge is 0.257 e. The molecule has 9 heteroatoms. The Labute approximate surface area is 204 Å². The predicted octanol–water partition coefficient (Wildman–Crippen LogP) is 4.74. The summed E-state index contributed by atoms with van der Waals surface area (Å²) in [7, 11) is 0. The van der Waals surface area contributed by atoms with E-state index < -0.39 is 5.92 Å². The Bertz CT molecular complexity index is 1060. The zero-order valence-corrected chi connectivity index (χ0v) is 20.4. The van der Waals surface area contributed by atoms with Gasteiger partial charge in [-0.1, -0.05) is 25.0 Å². The van der Waals surface area contributed by atoms with Gasteiger partial charge in [-0.05, 0) is 56.2 Å². The van der Waals surface area contributed by atoms with Gasteiger partial charge in [-0.25, -0.2) is 13.5 Å². The fourth-order valence-corrected chi connectivity index (χ4v) is 4.48. The Balaban J connectivity index is 1.35. The predicted molar refractivity (Wildman–Crippen MR) is 129 cm³/mol. The minimum Gasteiger partial charge on any atom is -0.494 e. The van der Waals surface area contributed by atoms with Gasteiger partial charge in [0, 0.05) is 32.4 Å². The molecule has 0 radical (unpaired) electrons. The molecule has 2 N–H and O–H groups in total. The van der Waals surface area contributed by atoms with Crippen molar-refractivity contribution < 1.29 is 23.1 Å². The summed E-state index contributed by atoms with van der Waals surface area (Å²) >= 11 is 0. The van der Waals surface area contributed by atoms with Crippen molar-refractivity contribution in [1.29, 1.82) is 0 Å². The molecule has 190 valence electrons. The zero-order valence-electron chi connectivity index (χ0n) is 20.4. The third kappa shape index (κ3) is 7.26. The molecule has 0 spiro atoms. The average molecular weight is 489 g/mol. The van der Waals surface area contributed by atoms with Crippen LogP contribution in [0.4, 0.5) is 14.6 Å². The minimum absolute atomic E-state index is 0.0664. The molecule has 1 atom stereocenters. The number of ether oxygens (including phenoxy) is 1. The monoisotopic (exact) mass is 488 g/mol. The number of nitrogens with zero attached hydrogens (tertiary/aromatic N) is 2. The maximum atomic E-state index is 13.0. The number of rotatable bonds is 12. The fraction of sp³-hybridized carbons (Fsp3) is 0.577. The molecule has 1 aliphatic heterocycles. The van der Waals surface area contributed by atoms with Crippen molar-refractivity contribution >= 4 is 17.6 Å². The number of fused-ring (bicyclic) bond motifs is 1. The van der Waals surface area contributed by atoms with Gasteiger partial charge in [0.25, 0.3) is 5.91 Å². The lowest BCUT2D eigenvalue weighted by molar-refractivity contribution is -0.114. The van der Waals surface area contributed by atoms with Gasteiger partial charge in [-0.2, -0.15) is 5.10 Å². The van der Waals surface area contributed by atoms with Crippen LogP contribution in [0, 0.1) is 5.92 Å². The number of carbonyl (C=O) groups is 2. The minimum atomic E-state index is -2.68. The van der Waals surface area contributed by atoms with Crippen molar-refractivity contribution in [1.82, 2.24) is 15.1 Å². The highest BCUT2D eigenvalue weighted by atomic mass is 19.3. The first kappa shape index (κ1) is 25.1. The second kappa shape index (κ2) is 10.7. The molecule has 2 aromatic rings. The number of halogens is 2. The standard InChI is InChI=1S/C26H34F2N4O3/c1-17(33)29-24-23-22(31-32(24)13-11-18-7-8-18)16-20(30-25(23)34)10-9-19-5-3-6-21(15-19)35-14-4-12-26(2,27)28/h3,5-6,15,18,20H,4,7-14,16H2,1-2H3,(H,29,33)(H,30,34)/t20-/m0/s1. The number of aryl methyl sites for hydroxylation is 2. The Hall–Kier alpha value is -2.97. The van der Waals surface area contributed by atoms with Crippen molar-refractivity contribution in [3.63, 3.8) is 0 Å². The van der Waals surface area contributed by atoms with E-state index in [-0.39, 0.29) is 37.3 Å². The van der Waals surface area contributed by atoms with Crippen LogP contribution >= 0.6 is 0 Å². The Morgan fingerprint density at radius 3 is 2.83 bits per heavy atom. The van der Waals surface area contributed by atoms with E-state index >= 15 is 0 Å². The van der Waals surface area contributed by atoms with E-state index in [2.05, 4.69) is 10.6 Å². The van der Waals surface area contributed by atoms with Crippen molar-refractivity contribution in [2.75, 3.05) is 11.9 Å². The third-order valence-electron chi connectivity index (χ3n) is 6.48. The Morgan fingerprint density at radius 1 is 1.31 bits per heavy atom. The van der Waals surface area contributed by atoms with Crippen molar-refractivity contribution in [3.05, 3.63) is 41.1 Å². The van der Waals surface area contributed by atoms with E-state index in [1.54, 1.807) is 4.68 Å². The molecule has 1 saturated carbocycles. The number of hydrogen-bond donors (Lipinski definition) is 2. The highest BCUT2D eigenvalue weighted by molar-refractivity contribution is 6.04. The highest BCUT2D eigenvalue weighted by Crippen LogP contribution is 2.34. The highest BCUT2D eigenvalue weighted by Gasteiger charge is 2.32. The van der Waals surface area contributed by atoms with E-state index in [0.717, 1.165) is 43.4 Å². The van der Waals surface area contributed by atoms with Crippen molar-refractivity contribution in [3.8, 4) is 5.75 Å². The van der Waals surface area contributed by atoms with E-state index in [9.17, 15) is 18.4 Å². The van der Waals surface area contributed by atoms with Gasteiger partial charge in [-0.3, -0.25) is 9.59 Å². The number of aromatic nitrogens is 2. The van der Waals surface area contributed by atoms with Crippen LogP contribution in [0.25, 0.3) is 0 Å². The summed E-state index contributed by atoms with van der Waals surface area (Å²) in [5.41, 5.74) is 2.25. The lowest BCUT2D eigenvalue weighted by atomic mass is 9.96. The lowest BCUT2D eigenvalue weighted by Gasteiger charge is -2.23. The molecule has 2 heterocycles. The van der Waals surface area contributed by atoms with Gasteiger partial charge in [0.1, 0.15) is 17.1 Å². The molecule has 0 unspecified atom stereocenters. The van der Waals surface area contributed by atoms with Crippen LogP contribution in [0.5, 0.6) is 5.75 Å². The number of amides is 2. The van der Waals surface area contributed by atoms with Crippen LogP contribution in [0.1, 0.15) is 74.0 Å². The summed E-state index contributed by atoms with van der Waals surface area (Å²) in [5.74, 6) is -1.23. The number of anilines is 1. The molecule has 1 aromatic heterocycles. The molecule has 1 aromatic carbocycles. The van der Waals surface area contributed by atoms with Crippen molar-refractivity contribution in [2.24, 2.45) is 5.92 Å². The summed E-state index contributed by atoms with van der Waals surface area (Å²) in [6, 6.07) is 7.55. The molecule has 1 fully saturated rings.